The molecule has 0 bridgehead atoms. The van der Waals surface area contributed by atoms with Crippen LogP contribution in [-0.4, -0.2) is 36.7 Å². The van der Waals surface area contributed by atoms with Gasteiger partial charge in [0.1, 0.15) is 0 Å². The van der Waals surface area contributed by atoms with Crippen molar-refractivity contribution in [3.8, 4) is 0 Å². The Kier molecular flexibility index (Phi) is 3.39. The van der Waals surface area contributed by atoms with Crippen LogP contribution in [0.25, 0.3) is 0 Å². The number of hydrogen-bond acceptors (Lipinski definition) is 4. The zero-order chi connectivity index (χ0) is 12.5. The molecule has 1 atom stereocenters. The van der Waals surface area contributed by atoms with Crippen LogP contribution in [0.4, 0.5) is 5.69 Å². The summed E-state index contributed by atoms with van der Waals surface area (Å²) in [5.74, 6) is 0. The first-order valence-electron chi connectivity index (χ1n) is 5.62. The van der Waals surface area contributed by atoms with Crippen LogP contribution < -0.4 is 4.72 Å². The third-order valence-electron chi connectivity index (χ3n) is 2.76. The van der Waals surface area contributed by atoms with Crippen LogP contribution in [0.1, 0.15) is 26.3 Å². The highest BCUT2D eigenvalue weighted by atomic mass is 32.2. The monoisotopic (exact) mass is 259 g/mol. The summed E-state index contributed by atoms with van der Waals surface area (Å²) in [5.41, 5.74) is 0.505. The summed E-state index contributed by atoms with van der Waals surface area (Å²) in [7, 11) is -3.30. The molecule has 1 aromatic rings. The molecule has 2 rings (SSSR count). The average Bonchev–Trinajstić information content (AvgIpc) is 2.85. The van der Waals surface area contributed by atoms with E-state index in [4.69, 9.17) is 4.74 Å². The summed E-state index contributed by atoms with van der Waals surface area (Å²) in [6, 6.07) is 0.215. The van der Waals surface area contributed by atoms with Crippen molar-refractivity contribution in [1.29, 1.82) is 0 Å². The van der Waals surface area contributed by atoms with Crippen LogP contribution >= 0.6 is 0 Å². The molecule has 7 heteroatoms. The molecule has 17 heavy (non-hydrogen) atoms. The first kappa shape index (κ1) is 12.4. The van der Waals surface area contributed by atoms with Crippen molar-refractivity contribution < 1.29 is 13.2 Å². The van der Waals surface area contributed by atoms with Crippen LogP contribution in [0, 0.1) is 0 Å². The zero-order valence-corrected chi connectivity index (χ0v) is 10.8. The Morgan fingerprint density at radius 1 is 1.59 bits per heavy atom. The predicted octanol–water partition coefficient (Wildman–Crippen LogP) is 0.995. The van der Waals surface area contributed by atoms with E-state index >= 15 is 0 Å². The zero-order valence-electron chi connectivity index (χ0n) is 9.96. The number of nitrogens with one attached hydrogen (secondary N) is 1. The molecule has 1 saturated heterocycles. The Morgan fingerprint density at radius 3 is 2.94 bits per heavy atom. The second-order valence-electron chi connectivity index (χ2n) is 4.42. The summed E-state index contributed by atoms with van der Waals surface area (Å²) in [5, 5.41) is 3.69. The van der Waals surface area contributed by atoms with Gasteiger partial charge in [-0.2, -0.15) is 5.10 Å². The Morgan fingerprint density at radius 2 is 2.35 bits per heavy atom. The van der Waals surface area contributed by atoms with Crippen LogP contribution in [-0.2, 0) is 14.8 Å². The van der Waals surface area contributed by atoms with Crippen molar-refractivity contribution in [3.63, 3.8) is 0 Å². The summed E-state index contributed by atoms with van der Waals surface area (Å²) < 4.78 is 32.8. The Labute approximate surface area is 101 Å². The molecule has 1 aliphatic rings. The number of sulfonamides is 1. The molecule has 1 N–H and O–H groups in total. The van der Waals surface area contributed by atoms with E-state index in [0.717, 1.165) is 13.0 Å². The first-order chi connectivity index (χ1) is 7.99. The molecule has 0 aliphatic carbocycles. The van der Waals surface area contributed by atoms with Crippen molar-refractivity contribution in [2.75, 3.05) is 17.9 Å². The van der Waals surface area contributed by atoms with Gasteiger partial charge in [-0.05, 0) is 20.3 Å². The molecule has 2 heterocycles. The highest BCUT2D eigenvalue weighted by Gasteiger charge is 2.20. The number of ether oxygens (including phenoxy) is 1. The molecule has 0 saturated carbocycles. The van der Waals surface area contributed by atoms with Gasteiger partial charge in [0.2, 0.25) is 10.0 Å². The maximum absolute atomic E-state index is 11.7. The largest absolute Gasteiger partial charge is 0.379 e. The molecule has 0 radical (unpaired) electrons. The quantitative estimate of drug-likeness (QED) is 0.875. The Bertz CT molecular complexity index is 475. The topological polar surface area (TPSA) is 73.2 Å². The summed E-state index contributed by atoms with van der Waals surface area (Å²) in [4.78, 5) is 0. The van der Waals surface area contributed by atoms with Gasteiger partial charge in [0.15, 0.2) is 0 Å². The number of aromatic nitrogens is 2. The predicted molar refractivity (Wildman–Crippen MR) is 64.4 cm³/mol. The molecule has 0 amide bonds. The van der Waals surface area contributed by atoms with E-state index in [2.05, 4.69) is 9.82 Å². The third-order valence-corrected chi connectivity index (χ3v) is 4.52. The fraction of sp³-hybridized carbons (Fsp3) is 0.700. The van der Waals surface area contributed by atoms with E-state index < -0.39 is 15.3 Å². The maximum atomic E-state index is 11.7. The SMILES string of the molecule is CC(C)S(=O)(=O)Nc1cnn([C@@H]2CCOC2)c1. The molecular formula is C10H17N3O3S. The minimum Gasteiger partial charge on any atom is -0.379 e. The van der Waals surface area contributed by atoms with Gasteiger partial charge < -0.3 is 4.74 Å². The minimum atomic E-state index is -3.30. The van der Waals surface area contributed by atoms with Gasteiger partial charge in [-0.25, -0.2) is 8.42 Å². The molecule has 96 valence electrons. The molecule has 0 spiro atoms. The second-order valence-corrected chi connectivity index (χ2v) is 6.66. The lowest BCUT2D eigenvalue weighted by atomic mass is 10.3. The maximum Gasteiger partial charge on any atom is 0.235 e. The smallest absolute Gasteiger partial charge is 0.235 e. The molecule has 0 aromatic carbocycles. The fourth-order valence-corrected chi connectivity index (χ4v) is 2.27. The van der Waals surface area contributed by atoms with Crippen LogP contribution in [0.15, 0.2) is 12.4 Å². The highest BCUT2D eigenvalue weighted by Crippen LogP contribution is 2.20. The van der Waals surface area contributed by atoms with Crippen LogP contribution in [0.3, 0.4) is 0 Å². The van der Waals surface area contributed by atoms with Gasteiger partial charge in [0.25, 0.3) is 0 Å². The second kappa shape index (κ2) is 4.66. The molecule has 1 aliphatic heterocycles. The Hall–Kier alpha value is -1.08. The van der Waals surface area contributed by atoms with Crippen molar-refractivity contribution in [2.45, 2.75) is 31.6 Å². The van der Waals surface area contributed by atoms with Gasteiger partial charge >= 0.3 is 0 Å². The number of rotatable bonds is 4. The van der Waals surface area contributed by atoms with Crippen LogP contribution in [0.2, 0.25) is 0 Å². The molecular weight excluding hydrogens is 242 g/mol. The average molecular weight is 259 g/mol. The summed E-state index contributed by atoms with van der Waals surface area (Å²) in [6.45, 7) is 4.64. The van der Waals surface area contributed by atoms with Crippen molar-refractivity contribution in [2.24, 2.45) is 0 Å². The van der Waals surface area contributed by atoms with Gasteiger partial charge in [0, 0.05) is 12.8 Å². The van der Waals surface area contributed by atoms with E-state index in [1.807, 2.05) is 0 Å². The standard InChI is InChI=1S/C10H17N3O3S/c1-8(2)17(14,15)12-9-5-11-13(6-9)10-3-4-16-7-10/h5-6,8,10,12H,3-4,7H2,1-2H3/t10-/m1/s1. The van der Waals surface area contributed by atoms with Crippen molar-refractivity contribution >= 4 is 15.7 Å². The van der Waals surface area contributed by atoms with E-state index in [1.165, 1.54) is 6.20 Å². The fourth-order valence-electron chi connectivity index (χ4n) is 1.60. The lowest BCUT2D eigenvalue weighted by molar-refractivity contribution is 0.184. The Balaban J connectivity index is 2.08. The van der Waals surface area contributed by atoms with Gasteiger partial charge in [-0.15, -0.1) is 0 Å². The normalized spacial score (nSPS) is 21.0. The molecule has 6 nitrogen and oxygen atoms in total. The number of hydrogen-bond donors (Lipinski definition) is 1. The molecule has 1 aromatic heterocycles. The van der Waals surface area contributed by atoms with Gasteiger partial charge in [-0.3, -0.25) is 9.40 Å². The highest BCUT2D eigenvalue weighted by molar-refractivity contribution is 7.93. The van der Waals surface area contributed by atoms with Gasteiger partial charge in [-0.1, -0.05) is 0 Å². The number of anilines is 1. The minimum absolute atomic E-state index is 0.215. The van der Waals surface area contributed by atoms with E-state index in [1.54, 1.807) is 24.7 Å². The lowest BCUT2D eigenvalue weighted by Gasteiger charge is -2.09. The summed E-state index contributed by atoms with van der Waals surface area (Å²) >= 11 is 0. The first-order valence-corrected chi connectivity index (χ1v) is 7.17. The van der Waals surface area contributed by atoms with E-state index in [0.29, 0.717) is 12.3 Å². The lowest BCUT2D eigenvalue weighted by Crippen LogP contribution is -2.22. The summed E-state index contributed by atoms with van der Waals surface area (Å²) in [6.07, 6.45) is 4.15. The molecule has 0 unspecified atom stereocenters. The van der Waals surface area contributed by atoms with Gasteiger partial charge in [0.05, 0.1) is 29.8 Å². The molecule has 1 fully saturated rings. The van der Waals surface area contributed by atoms with Crippen molar-refractivity contribution in [3.05, 3.63) is 12.4 Å². The third kappa shape index (κ3) is 2.78. The van der Waals surface area contributed by atoms with E-state index in [9.17, 15) is 8.42 Å². The number of nitrogens with zero attached hydrogens (tertiary/aromatic N) is 2. The van der Waals surface area contributed by atoms with Crippen LogP contribution in [0.5, 0.6) is 0 Å². The van der Waals surface area contributed by atoms with E-state index in [-0.39, 0.29) is 6.04 Å². The van der Waals surface area contributed by atoms with Crippen molar-refractivity contribution in [1.82, 2.24) is 9.78 Å².